The summed E-state index contributed by atoms with van der Waals surface area (Å²) in [6, 6.07) is 13.1. The largest absolute Gasteiger partial charge is 0.496 e. The molecule has 1 aliphatic rings. The number of hydrogen-bond donors (Lipinski definition) is 2. The van der Waals surface area contributed by atoms with E-state index in [0.717, 1.165) is 24.8 Å². The molecular formula is C21H23NO4. The summed E-state index contributed by atoms with van der Waals surface area (Å²) >= 11 is 0. The van der Waals surface area contributed by atoms with Crippen molar-refractivity contribution < 1.29 is 19.4 Å². The van der Waals surface area contributed by atoms with Crippen molar-refractivity contribution in [2.45, 2.75) is 25.7 Å². The smallest absolute Gasteiger partial charge is 0.308 e. The van der Waals surface area contributed by atoms with E-state index in [1.54, 1.807) is 13.2 Å². The van der Waals surface area contributed by atoms with E-state index >= 15 is 0 Å². The molecule has 0 bridgehead atoms. The van der Waals surface area contributed by atoms with Crippen molar-refractivity contribution in [1.29, 1.82) is 0 Å². The maximum Gasteiger partial charge on any atom is 0.308 e. The molecule has 0 fully saturated rings. The zero-order valence-corrected chi connectivity index (χ0v) is 14.8. The topological polar surface area (TPSA) is 75.6 Å². The number of amides is 1. The molecule has 2 N–H and O–H groups in total. The van der Waals surface area contributed by atoms with Crippen molar-refractivity contribution in [3.05, 3.63) is 64.7 Å². The van der Waals surface area contributed by atoms with Crippen LogP contribution in [0.15, 0.2) is 42.5 Å². The predicted octanol–water partition coefficient (Wildman–Crippen LogP) is 2.86. The van der Waals surface area contributed by atoms with Crippen molar-refractivity contribution in [3.63, 3.8) is 0 Å². The molecular weight excluding hydrogens is 330 g/mol. The molecule has 0 aliphatic heterocycles. The van der Waals surface area contributed by atoms with Crippen molar-refractivity contribution >= 4 is 11.9 Å². The van der Waals surface area contributed by atoms with Gasteiger partial charge < -0.3 is 15.2 Å². The molecule has 5 nitrogen and oxygen atoms in total. The third-order valence-corrected chi connectivity index (χ3v) is 4.88. The van der Waals surface area contributed by atoms with Gasteiger partial charge in [-0.25, -0.2) is 0 Å². The van der Waals surface area contributed by atoms with E-state index in [2.05, 4.69) is 5.32 Å². The Kier molecular flexibility index (Phi) is 5.56. The number of nitrogens with one attached hydrogen (secondary N) is 1. The second-order valence-corrected chi connectivity index (χ2v) is 6.60. The molecule has 0 radical (unpaired) electrons. The molecule has 0 saturated heterocycles. The summed E-state index contributed by atoms with van der Waals surface area (Å²) in [6.07, 6.45) is 3.49. The number of benzene rings is 2. The number of methoxy groups -OCH3 is 1. The summed E-state index contributed by atoms with van der Waals surface area (Å²) in [6.45, 7) is 0.0727. The number of rotatable bonds is 7. The third-order valence-electron chi connectivity index (χ3n) is 4.88. The standard InChI is InChI=1S/C21H23NO4/c1-26-19-8-3-2-5-16(19)12-18(21(24)25)13-22-20(23)17-10-9-14-6-4-7-15(14)11-17/h2-3,5,8-11,18H,4,6-7,12-13H2,1H3,(H,22,23)(H,24,25). The lowest BCUT2D eigenvalue weighted by Gasteiger charge is -2.15. The number of carbonyl (C=O) groups is 2. The first-order valence-electron chi connectivity index (χ1n) is 8.83. The molecule has 1 aliphatic carbocycles. The highest BCUT2D eigenvalue weighted by atomic mass is 16.5. The van der Waals surface area contributed by atoms with E-state index in [-0.39, 0.29) is 12.5 Å². The van der Waals surface area contributed by atoms with Crippen molar-refractivity contribution in [1.82, 2.24) is 5.32 Å². The van der Waals surface area contributed by atoms with Crippen LogP contribution in [-0.4, -0.2) is 30.6 Å². The van der Waals surface area contributed by atoms with Crippen LogP contribution in [0.3, 0.4) is 0 Å². The Balaban J connectivity index is 1.65. The van der Waals surface area contributed by atoms with Crippen molar-refractivity contribution in [2.75, 3.05) is 13.7 Å². The maximum absolute atomic E-state index is 12.4. The number of ether oxygens (including phenoxy) is 1. The van der Waals surface area contributed by atoms with Gasteiger partial charge in [0, 0.05) is 12.1 Å². The van der Waals surface area contributed by atoms with E-state index in [4.69, 9.17) is 4.74 Å². The zero-order chi connectivity index (χ0) is 18.5. The Bertz CT molecular complexity index is 815. The minimum atomic E-state index is -0.940. The number of carbonyl (C=O) groups excluding carboxylic acids is 1. The molecule has 26 heavy (non-hydrogen) atoms. The summed E-state index contributed by atoms with van der Waals surface area (Å²) in [7, 11) is 1.56. The van der Waals surface area contributed by atoms with E-state index in [1.807, 2.05) is 36.4 Å². The van der Waals surface area contributed by atoms with Gasteiger partial charge in [-0.3, -0.25) is 9.59 Å². The Morgan fingerprint density at radius 2 is 1.92 bits per heavy atom. The first-order chi connectivity index (χ1) is 12.6. The van der Waals surface area contributed by atoms with Gasteiger partial charge in [0.25, 0.3) is 5.91 Å². The Morgan fingerprint density at radius 3 is 2.69 bits per heavy atom. The number of aryl methyl sites for hydroxylation is 2. The van der Waals surface area contributed by atoms with Crippen LogP contribution in [0.1, 0.15) is 33.5 Å². The van der Waals surface area contributed by atoms with Crippen molar-refractivity contribution in [2.24, 2.45) is 5.92 Å². The number of para-hydroxylation sites is 1. The Labute approximate surface area is 153 Å². The lowest BCUT2D eigenvalue weighted by Crippen LogP contribution is -2.34. The van der Waals surface area contributed by atoms with E-state index in [0.29, 0.717) is 17.7 Å². The lowest BCUT2D eigenvalue weighted by molar-refractivity contribution is -0.141. The van der Waals surface area contributed by atoms with Gasteiger partial charge in [0.2, 0.25) is 0 Å². The molecule has 0 heterocycles. The molecule has 1 unspecified atom stereocenters. The summed E-state index contributed by atoms with van der Waals surface area (Å²) in [5.74, 6) is -1.23. The van der Waals surface area contributed by atoms with Gasteiger partial charge in [0.05, 0.1) is 13.0 Å². The van der Waals surface area contributed by atoms with Crippen LogP contribution in [0.5, 0.6) is 5.75 Å². The normalized spacial score (nSPS) is 13.7. The fourth-order valence-corrected chi connectivity index (χ4v) is 3.41. The monoisotopic (exact) mass is 353 g/mol. The summed E-state index contributed by atoms with van der Waals surface area (Å²) in [4.78, 5) is 24.0. The SMILES string of the molecule is COc1ccccc1CC(CNC(=O)c1ccc2c(c1)CCC2)C(=O)O. The molecule has 0 aromatic heterocycles. The van der Waals surface area contributed by atoms with Crippen molar-refractivity contribution in [3.8, 4) is 5.75 Å². The maximum atomic E-state index is 12.4. The van der Waals surface area contributed by atoms with Gasteiger partial charge >= 0.3 is 5.97 Å². The average Bonchev–Trinajstić information content (AvgIpc) is 3.12. The molecule has 1 atom stereocenters. The second kappa shape index (κ2) is 8.04. The minimum absolute atomic E-state index is 0.0727. The van der Waals surface area contributed by atoms with Gasteiger partial charge in [-0.15, -0.1) is 0 Å². The summed E-state index contributed by atoms with van der Waals surface area (Å²) in [5, 5.41) is 12.3. The van der Waals surface area contributed by atoms with E-state index < -0.39 is 11.9 Å². The van der Waals surface area contributed by atoms with Gasteiger partial charge in [-0.2, -0.15) is 0 Å². The van der Waals surface area contributed by atoms with Gasteiger partial charge in [-0.1, -0.05) is 24.3 Å². The lowest BCUT2D eigenvalue weighted by atomic mass is 9.98. The Hall–Kier alpha value is -2.82. The number of carboxylic acids is 1. The molecule has 136 valence electrons. The number of aliphatic carboxylic acids is 1. The fraction of sp³-hybridized carbons (Fsp3) is 0.333. The van der Waals surface area contributed by atoms with Crippen LogP contribution in [0.4, 0.5) is 0 Å². The minimum Gasteiger partial charge on any atom is -0.496 e. The van der Waals surface area contributed by atoms with Gasteiger partial charge in [-0.05, 0) is 60.6 Å². The van der Waals surface area contributed by atoms with Crippen LogP contribution in [-0.2, 0) is 24.1 Å². The Morgan fingerprint density at radius 1 is 1.15 bits per heavy atom. The summed E-state index contributed by atoms with van der Waals surface area (Å²) in [5.41, 5.74) is 3.93. The predicted molar refractivity (Wildman–Crippen MR) is 98.6 cm³/mol. The second-order valence-electron chi connectivity index (χ2n) is 6.60. The third kappa shape index (κ3) is 4.04. The highest BCUT2D eigenvalue weighted by Crippen LogP contribution is 2.23. The highest BCUT2D eigenvalue weighted by Gasteiger charge is 2.21. The van der Waals surface area contributed by atoms with Crippen LogP contribution >= 0.6 is 0 Å². The molecule has 0 spiro atoms. The average molecular weight is 353 g/mol. The number of carboxylic acid groups (broad SMARTS) is 1. The first-order valence-corrected chi connectivity index (χ1v) is 8.83. The number of hydrogen-bond acceptors (Lipinski definition) is 3. The van der Waals surface area contributed by atoms with Crippen LogP contribution in [0, 0.1) is 5.92 Å². The molecule has 2 aromatic rings. The molecule has 0 saturated carbocycles. The van der Waals surface area contributed by atoms with E-state index in [9.17, 15) is 14.7 Å². The van der Waals surface area contributed by atoms with Gasteiger partial charge in [0.15, 0.2) is 0 Å². The summed E-state index contributed by atoms with van der Waals surface area (Å²) < 4.78 is 5.28. The van der Waals surface area contributed by atoms with Crippen LogP contribution < -0.4 is 10.1 Å². The fourth-order valence-electron chi connectivity index (χ4n) is 3.41. The van der Waals surface area contributed by atoms with Crippen LogP contribution in [0.25, 0.3) is 0 Å². The molecule has 2 aromatic carbocycles. The molecule has 3 rings (SSSR count). The van der Waals surface area contributed by atoms with E-state index in [1.165, 1.54) is 11.1 Å². The number of fused-ring (bicyclic) bond motifs is 1. The zero-order valence-electron chi connectivity index (χ0n) is 14.8. The first kappa shape index (κ1) is 18.0. The molecule has 1 amide bonds. The molecule has 5 heteroatoms. The van der Waals surface area contributed by atoms with Crippen LogP contribution in [0.2, 0.25) is 0 Å². The quantitative estimate of drug-likeness (QED) is 0.803. The van der Waals surface area contributed by atoms with Gasteiger partial charge in [0.1, 0.15) is 5.75 Å². The highest BCUT2D eigenvalue weighted by molar-refractivity contribution is 5.94.